The van der Waals surface area contributed by atoms with Crippen LogP contribution in [0.3, 0.4) is 0 Å². The molecule has 0 bridgehead atoms. The van der Waals surface area contributed by atoms with Crippen molar-refractivity contribution in [2.24, 2.45) is 0 Å². The lowest BCUT2D eigenvalue weighted by Gasteiger charge is -2.28. The first-order valence-corrected chi connectivity index (χ1v) is 6.23. The summed E-state index contributed by atoms with van der Waals surface area (Å²) in [5, 5.41) is 3.38. The van der Waals surface area contributed by atoms with Gasteiger partial charge in [-0.3, -0.25) is 0 Å². The normalized spacial score (nSPS) is 20.1. The summed E-state index contributed by atoms with van der Waals surface area (Å²) in [4.78, 5) is 0. The molecule has 1 unspecified atom stereocenters. The molecule has 1 N–H and O–H groups in total. The largest absolute Gasteiger partial charge is 0.309 e. The van der Waals surface area contributed by atoms with Crippen LogP contribution in [0.15, 0.2) is 16.6 Å². The molecule has 82 valence electrons. The van der Waals surface area contributed by atoms with Crippen molar-refractivity contribution in [3.63, 3.8) is 0 Å². The first kappa shape index (κ1) is 11.1. The van der Waals surface area contributed by atoms with Gasteiger partial charge in [0.05, 0.1) is 0 Å². The lowest BCUT2D eigenvalue weighted by atomic mass is 9.91. The van der Waals surface area contributed by atoms with Crippen LogP contribution in [0.5, 0.6) is 0 Å². The molecule has 2 rings (SSSR count). The van der Waals surface area contributed by atoms with Gasteiger partial charge in [0.15, 0.2) is 0 Å². The van der Waals surface area contributed by atoms with E-state index in [1.165, 1.54) is 0 Å². The maximum Gasteiger partial charge on any atom is 0.128 e. The zero-order valence-corrected chi connectivity index (χ0v) is 10.4. The number of fused-ring (bicyclic) bond motifs is 1. The monoisotopic (exact) mass is 271 g/mol. The molecule has 0 radical (unpaired) electrons. The van der Waals surface area contributed by atoms with Crippen LogP contribution in [0.4, 0.5) is 4.39 Å². The molecule has 1 atom stereocenters. The molecule has 1 aromatic rings. The van der Waals surface area contributed by atoms with Crippen LogP contribution >= 0.6 is 15.9 Å². The van der Waals surface area contributed by atoms with Gasteiger partial charge in [-0.15, -0.1) is 0 Å². The highest BCUT2D eigenvalue weighted by atomic mass is 79.9. The summed E-state index contributed by atoms with van der Waals surface area (Å²) in [7, 11) is 0. The van der Waals surface area contributed by atoms with Gasteiger partial charge in [-0.2, -0.15) is 0 Å². The number of hydrogen-bond donors (Lipinski definition) is 1. The molecule has 1 aliphatic rings. The van der Waals surface area contributed by atoms with Crippen LogP contribution in [0, 0.1) is 5.82 Å². The van der Waals surface area contributed by atoms with E-state index in [1.54, 1.807) is 6.07 Å². The van der Waals surface area contributed by atoms with Gasteiger partial charge in [-0.05, 0) is 37.1 Å². The van der Waals surface area contributed by atoms with Gasteiger partial charge in [0.1, 0.15) is 5.82 Å². The van der Waals surface area contributed by atoms with Crippen LogP contribution in [-0.4, -0.2) is 6.54 Å². The van der Waals surface area contributed by atoms with Crippen LogP contribution in [0.1, 0.15) is 36.9 Å². The standard InChI is InChI=1S/C12H15BrFN/c1-2-3-11-12-8(6-7-15-11)9(13)4-5-10(12)14/h4-5,11,15H,2-3,6-7H2,1H3. The second-order valence-corrected chi connectivity index (χ2v) is 4.82. The average molecular weight is 272 g/mol. The van der Waals surface area contributed by atoms with Gasteiger partial charge < -0.3 is 5.32 Å². The highest BCUT2D eigenvalue weighted by Crippen LogP contribution is 2.33. The first-order chi connectivity index (χ1) is 7.24. The Kier molecular flexibility index (Phi) is 3.42. The summed E-state index contributed by atoms with van der Waals surface area (Å²) in [6.07, 6.45) is 2.98. The molecule has 15 heavy (non-hydrogen) atoms. The van der Waals surface area contributed by atoms with E-state index in [0.29, 0.717) is 0 Å². The maximum atomic E-state index is 13.8. The Bertz CT molecular complexity index is 365. The highest BCUT2D eigenvalue weighted by Gasteiger charge is 2.23. The first-order valence-electron chi connectivity index (χ1n) is 5.44. The van der Waals surface area contributed by atoms with Crippen molar-refractivity contribution in [3.8, 4) is 0 Å². The third-order valence-corrected chi connectivity index (χ3v) is 3.68. The number of hydrogen-bond acceptors (Lipinski definition) is 1. The molecule has 3 heteroatoms. The Morgan fingerprint density at radius 1 is 1.53 bits per heavy atom. The number of rotatable bonds is 2. The fraction of sp³-hybridized carbons (Fsp3) is 0.500. The summed E-state index contributed by atoms with van der Waals surface area (Å²) in [5.41, 5.74) is 2.02. The SMILES string of the molecule is CCCC1NCCc2c(Br)ccc(F)c21. The summed E-state index contributed by atoms with van der Waals surface area (Å²) < 4.78 is 14.8. The Balaban J connectivity index is 2.45. The third-order valence-electron chi connectivity index (χ3n) is 2.94. The van der Waals surface area contributed by atoms with E-state index in [9.17, 15) is 4.39 Å². The molecule has 0 spiro atoms. The minimum Gasteiger partial charge on any atom is -0.309 e. The number of nitrogens with one attached hydrogen (secondary N) is 1. The van der Waals surface area contributed by atoms with Crippen molar-refractivity contribution >= 4 is 15.9 Å². The van der Waals surface area contributed by atoms with E-state index >= 15 is 0 Å². The average Bonchev–Trinajstić information content (AvgIpc) is 2.24. The van der Waals surface area contributed by atoms with E-state index < -0.39 is 0 Å². The molecule has 1 nitrogen and oxygen atoms in total. The van der Waals surface area contributed by atoms with E-state index in [4.69, 9.17) is 0 Å². The van der Waals surface area contributed by atoms with Crippen molar-refractivity contribution in [2.75, 3.05) is 6.54 Å². The summed E-state index contributed by atoms with van der Waals surface area (Å²) in [6, 6.07) is 3.55. The zero-order chi connectivity index (χ0) is 10.8. The van der Waals surface area contributed by atoms with Gasteiger partial charge in [-0.1, -0.05) is 29.3 Å². The van der Waals surface area contributed by atoms with Gasteiger partial charge >= 0.3 is 0 Å². The van der Waals surface area contributed by atoms with Crippen molar-refractivity contribution in [3.05, 3.63) is 33.5 Å². The van der Waals surface area contributed by atoms with Gasteiger partial charge in [0.25, 0.3) is 0 Å². The Hall–Kier alpha value is -0.410. The molecule has 0 aliphatic carbocycles. The van der Waals surface area contributed by atoms with Crippen molar-refractivity contribution in [1.82, 2.24) is 5.32 Å². The lowest BCUT2D eigenvalue weighted by Crippen LogP contribution is -2.31. The topological polar surface area (TPSA) is 12.0 Å². The number of benzene rings is 1. The second-order valence-electron chi connectivity index (χ2n) is 3.97. The third kappa shape index (κ3) is 2.08. The molecule has 1 aromatic carbocycles. The predicted molar refractivity (Wildman–Crippen MR) is 63.5 cm³/mol. The van der Waals surface area contributed by atoms with Crippen LogP contribution in [-0.2, 0) is 6.42 Å². The van der Waals surface area contributed by atoms with E-state index in [0.717, 1.165) is 41.4 Å². The molecular formula is C12H15BrFN. The van der Waals surface area contributed by atoms with E-state index in [2.05, 4.69) is 28.2 Å². The molecule has 0 fully saturated rings. The van der Waals surface area contributed by atoms with Crippen LogP contribution in [0.25, 0.3) is 0 Å². The minimum atomic E-state index is -0.0705. The van der Waals surface area contributed by atoms with Crippen molar-refractivity contribution in [1.29, 1.82) is 0 Å². The molecule has 0 saturated heterocycles. The summed E-state index contributed by atoms with van der Waals surface area (Å²) >= 11 is 3.50. The van der Waals surface area contributed by atoms with Crippen LogP contribution < -0.4 is 5.32 Å². The second kappa shape index (κ2) is 4.62. The Morgan fingerprint density at radius 3 is 3.07 bits per heavy atom. The molecule has 1 heterocycles. The van der Waals surface area contributed by atoms with E-state index in [-0.39, 0.29) is 11.9 Å². The highest BCUT2D eigenvalue weighted by molar-refractivity contribution is 9.10. The lowest BCUT2D eigenvalue weighted by molar-refractivity contribution is 0.444. The predicted octanol–water partition coefficient (Wildman–Crippen LogP) is 3.58. The van der Waals surface area contributed by atoms with E-state index in [1.807, 2.05) is 6.07 Å². The molecule has 0 saturated carbocycles. The fourth-order valence-corrected chi connectivity index (χ4v) is 2.79. The molecule has 0 aromatic heterocycles. The molecule has 0 amide bonds. The van der Waals surface area contributed by atoms with Crippen molar-refractivity contribution < 1.29 is 4.39 Å². The maximum absolute atomic E-state index is 13.8. The Morgan fingerprint density at radius 2 is 2.33 bits per heavy atom. The fourth-order valence-electron chi connectivity index (χ4n) is 2.25. The van der Waals surface area contributed by atoms with Crippen LogP contribution in [0.2, 0.25) is 0 Å². The Labute approximate surface area is 98.2 Å². The van der Waals surface area contributed by atoms with Gasteiger partial charge in [0.2, 0.25) is 0 Å². The summed E-state index contributed by atoms with van der Waals surface area (Å²) in [6.45, 7) is 3.07. The molecule has 1 aliphatic heterocycles. The molecular weight excluding hydrogens is 257 g/mol. The zero-order valence-electron chi connectivity index (χ0n) is 8.82. The van der Waals surface area contributed by atoms with Gasteiger partial charge in [-0.25, -0.2) is 4.39 Å². The van der Waals surface area contributed by atoms with Gasteiger partial charge in [0, 0.05) is 16.1 Å². The van der Waals surface area contributed by atoms with Crippen molar-refractivity contribution in [2.45, 2.75) is 32.2 Å². The minimum absolute atomic E-state index is 0.0705. The number of halogens is 2. The summed E-state index contributed by atoms with van der Waals surface area (Å²) in [5.74, 6) is -0.0705. The quantitative estimate of drug-likeness (QED) is 0.867. The smallest absolute Gasteiger partial charge is 0.128 e.